The van der Waals surface area contributed by atoms with Crippen LogP contribution in [0.5, 0.6) is 0 Å². The number of hydrogen-bond donors (Lipinski definition) is 2. The van der Waals surface area contributed by atoms with Crippen LogP contribution >= 0.6 is 11.3 Å². The molecule has 0 aromatic carbocycles. The molecule has 1 saturated carbocycles. The third-order valence-corrected chi connectivity index (χ3v) is 4.44. The van der Waals surface area contributed by atoms with E-state index in [1.54, 1.807) is 11.3 Å². The molecule has 0 saturated heterocycles. The maximum atomic E-state index is 10.5. The number of rotatable bonds is 4. The van der Waals surface area contributed by atoms with Gasteiger partial charge in [0.05, 0.1) is 16.8 Å². The Labute approximate surface area is 107 Å². The first-order valence-corrected chi connectivity index (χ1v) is 7.37. The van der Waals surface area contributed by atoms with Gasteiger partial charge in [-0.1, -0.05) is 6.92 Å². The van der Waals surface area contributed by atoms with Gasteiger partial charge in [-0.3, -0.25) is 0 Å². The highest BCUT2D eigenvalue weighted by Gasteiger charge is 2.31. The van der Waals surface area contributed by atoms with Crippen LogP contribution in [0.25, 0.3) is 0 Å². The van der Waals surface area contributed by atoms with Gasteiger partial charge in [0.15, 0.2) is 0 Å². The summed E-state index contributed by atoms with van der Waals surface area (Å²) in [6.07, 6.45) is 4.13. The molecule has 96 valence electrons. The zero-order chi connectivity index (χ0) is 12.3. The summed E-state index contributed by atoms with van der Waals surface area (Å²) < 4.78 is 0. The second-order valence-corrected chi connectivity index (χ2v) is 6.14. The van der Waals surface area contributed by atoms with Crippen molar-refractivity contribution < 1.29 is 5.11 Å². The van der Waals surface area contributed by atoms with E-state index in [0.717, 1.165) is 37.3 Å². The lowest BCUT2D eigenvalue weighted by atomic mass is 9.79. The summed E-state index contributed by atoms with van der Waals surface area (Å²) in [5.41, 5.74) is 2.42. The summed E-state index contributed by atoms with van der Waals surface area (Å²) in [6, 6.07) is 0.227. The third kappa shape index (κ3) is 3.50. The lowest BCUT2D eigenvalue weighted by molar-refractivity contribution is -0.00790. The Bertz CT molecular complexity index is 331. The van der Waals surface area contributed by atoms with Crippen LogP contribution in [0.2, 0.25) is 0 Å². The molecule has 1 atom stereocenters. The summed E-state index contributed by atoms with van der Waals surface area (Å²) in [7, 11) is 0. The Hall–Kier alpha value is -0.450. The highest BCUT2D eigenvalue weighted by atomic mass is 32.1. The number of thiazole rings is 1. The molecule has 1 aliphatic carbocycles. The van der Waals surface area contributed by atoms with Crippen molar-refractivity contribution in [2.45, 2.75) is 51.2 Å². The smallest absolute Gasteiger partial charge is 0.0795 e. The van der Waals surface area contributed by atoms with Gasteiger partial charge in [-0.25, -0.2) is 4.98 Å². The highest BCUT2D eigenvalue weighted by Crippen LogP contribution is 2.31. The minimum atomic E-state index is -0.503. The van der Waals surface area contributed by atoms with Crippen molar-refractivity contribution in [2.75, 3.05) is 6.54 Å². The molecule has 0 amide bonds. The fourth-order valence-electron chi connectivity index (χ4n) is 2.36. The predicted molar refractivity (Wildman–Crippen MR) is 71.1 cm³/mol. The van der Waals surface area contributed by atoms with Gasteiger partial charge < -0.3 is 10.4 Å². The van der Waals surface area contributed by atoms with Gasteiger partial charge in [0.2, 0.25) is 0 Å². The molecule has 1 aromatic rings. The number of nitrogens with zero attached hydrogens (tertiary/aromatic N) is 1. The Kier molecular flexibility index (Phi) is 4.17. The lowest BCUT2D eigenvalue weighted by Crippen LogP contribution is -2.44. The van der Waals surface area contributed by atoms with E-state index in [2.05, 4.69) is 29.5 Å². The molecular weight excluding hydrogens is 232 g/mol. The first-order chi connectivity index (χ1) is 8.09. The van der Waals surface area contributed by atoms with Crippen LogP contribution in [-0.2, 0) is 0 Å². The molecular formula is C13H22N2OS. The van der Waals surface area contributed by atoms with E-state index in [1.165, 1.54) is 0 Å². The van der Waals surface area contributed by atoms with Crippen molar-refractivity contribution in [2.24, 2.45) is 5.92 Å². The molecule has 2 N–H and O–H groups in total. The summed E-state index contributed by atoms with van der Waals surface area (Å²) >= 11 is 1.62. The van der Waals surface area contributed by atoms with Gasteiger partial charge >= 0.3 is 0 Å². The standard InChI is InChI=1S/C13H22N2OS/c1-10-3-5-13(16,6-4-10)8-14-11(2)12-7-17-9-15-12/h7,9-11,14,16H,3-6,8H2,1-2H3. The molecule has 1 unspecified atom stereocenters. The molecule has 0 spiro atoms. The summed E-state index contributed by atoms with van der Waals surface area (Å²) in [6.45, 7) is 5.05. The van der Waals surface area contributed by atoms with Crippen LogP contribution in [0.1, 0.15) is 51.3 Å². The molecule has 1 aliphatic rings. The normalized spacial score (nSPS) is 31.4. The van der Waals surface area contributed by atoms with Crippen molar-refractivity contribution in [1.29, 1.82) is 0 Å². The zero-order valence-corrected chi connectivity index (χ0v) is 11.5. The fourth-order valence-corrected chi connectivity index (χ4v) is 3.01. The molecule has 1 aromatic heterocycles. The van der Waals surface area contributed by atoms with Crippen molar-refractivity contribution in [1.82, 2.24) is 10.3 Å². The molecule has 4 heteroatoms. The fraction of sp³-hybridized carbons (Fsp3) is 0.769. The van der Waals surface area contributed by atoms with Crippen molar-refractivity contribution in [3.05, 3.63) is 16.6 Å². The Balaban J connectivity index is 1.81. The minimum absolute atomic E-state index is 0.227. The maximum absolute atomic E-state index is 10.5. The topological polar surface area (TPSA) is 45.1 Å². The van der Waals surface area contributed by atoms with E-state index >= 15 is 0 Å². The van der Waals surface area contributed by atoms with Crippen LogP contribution in [-0.4, -0.2) is 22.2 Å². The monoisotopic (exact) mass is 254 g/mol. The zero-order valence-electron chi connectivity index (χ0n) is 10.6. The van der Waals surface area contributed by atoms with Crippen LogP contribution in [0, 0.1) is 5.92 Å². The average molecular weight is 254 g/mol. The van der Waals surface area contributed by atoms with E-state index in [-0.39, 0.29) is 6.04 Å². The van der Waals surface area contributed by atoms with Gasteiger partial charge in [-0.2, -0.15) is 0 Å². The van der Waals surface area contributed by atoms with Crippen LogP contribution < -0.4 is 5.32 Å². The number of nitrogens with one attached hydrogen (secondary N) is 1. The van der Waals surface area contributed by atoms with Gasteiger partial charge in [0.25, 0.3) is 0 Å². The van der Waals surface area contributed by atoms with Crippen LogP contribution in [0.4, 0.5) is 0 Å². The molecule has 2 rings (SSSR count). The number of aromatic nitrogens is 1. The van der Waals surface area contributed by atoms with E-state index < -0.39 is 5.60 Å². The van der Waals surface area contributed by atoms with Crippen molar-refractivity contribution >= 4 is 11.3 Å². The first kappa shape index (κ1) is 13.0. The average Bonchev–Trinajstić information content (AvgIpc) is 2.84. The van der Waals surface area contributed by atoms with Crippen molar-refractivity contribution in [3.63, 3.8) is 0 Å². The van der Waals surface area contributed by atoms with Gasteiger partial charge in [0.1, 0.15) is 0 Å². The third-order valence-electron chi connectivity index (χ3n) is 3.84. The Morgan fingerprint density at radius 3 is 2.88 bits per heavy atom. The molecule has 3 nitrogen and oxygen atoms in total. The predicted octanol–water partition coefficient (Wildman–Crippen LogP) is 2.73. The maximum Gasteiger partial charge on any atom is 0.0795 e. The Morgan fingerprint density at radius 1 is 1.59 bits per heavy atom. The Morgan fingerprint density at radius 2 is 2.29 bits per heavy atom. The summed E-state index contributed by atoms with van der Waals surface area (Å²) in [5.74, 6) is 0.770. The van der Waals surface area contributed by atoms with Gasteiger partial charge in [-0.05, 0) is 38.5 Å². The molecule has 0 bridgehead atoms. The van der Waals surface area contributed by atoms with E-state index in [0.29, 0.717) is 6.54 Å². The highest BCUT2D eigenvalue weighted by molar-refractivity contribution is 7.07. The van der Waals surface area contributed by atoms with Crippen LogP contribution in [0.3, 0.4) is 0 Å². The largest absolute Gasteiger partial charge is 0.389 e. The number of hydrogen-bond acceptors (Lipinski definition) is 4. The van der Waals surface area contributed by atoms with Gasteiger partial charge in [-0.15, -0.1) is 11.3 Å². The number of aliphatic hydroxyl groups is 1. The summed E-state index contributed by atoms with van der Waals surface area (Å²) in [4.78, 5) is 4.29. The van der Waals surface area contributed by atoms with Crippen LogP contribution in [0.15, 0.2) is 10.9 Å². The second kappa shape index (κ2) is 5.46. The molecule has 0 aliphatic heterocycles. The van der Waals surface area contributed by atoms with E-state index in [1.807, 2.05) is 5.51 Å². The van der Waals surface area contributed by atoms with Crippen molar-refractivity contribution in [3.8, 4) is 0 Å². The summed E-state index contributed by atoms with van der Waals surface area (Å²) in [5, 5.41) is 15.9. The first-order valence-electron chi connectivity index (χ1n) is 6.43. The molecule has 1 heterocycles. The minimum Gasteiger partial charge on any atom is -0.389 e. The molecule has 0 radical (unpaired) electrons. The quantitative estimate of drug-likeness (QED) is 0.868. The van der Waals surface area contributed by atoms with E-state index in [9.17, 15) is 5.11 Å². The van der Waals surface area contributed by atoms with Gasteiger partial charge in [0, 0.05) is 18.0 Å². The second-order valence-electron chi connectivity index (χ2n) is 5.42. The SMILES string of the molecule is CC1CCC(O)(CNC(C)c2cscn2)CC1. The van der Waals surface area contributed by atoms with E-state index in [4.69, 9.17) is 0 Å². The lowest BCUT2D eigenvalue weighted by Gasteiger charge is -2.35. The molecule has 17 heavy (non-hydrogen) atoms. The molecule has 1 fully saturated rings.